The molecule has 19 heavy (non-hydrogen) atoms. The first-order valence-corrected chi connectivity index (χ1v) is 7.57. The smallest absolute Gasteiger partial charge is 0.337 e. The van der Waals surface area contributed by atoms with Gasteiger partial charge >= 0.3 is 5.97 Å². The first kappa shape index (κ1) is 14.5. The average Bonchev–Trinajstić information content (AvgIpc) is 3.23. The third-order valence-electron chi connectivity index (χ3n) is 3.45. The Morgan fingerprint density at radius 3 is 2.89 bits per heavy atom. The van der Waals surface area contributed by atoms with E-state index in [0.29, 0.717) is 5.56 Å². The van der Waals surface area contributed by atoms with Crippen LogP contribution < -0.4 is 5.32 Å². The molecular formula is C15H20BrNO2. The van der Waals surface area contributed by atoms with Gasteiger partial charge in [0.05, 0.1) is 12.7 Å². The molecule has 0 unspecified atom stereocenters. The van der Waals surface area contributed by atoms with Crippen LogP contribution in [0.15, 0.2) is 22.7 Å². The van der Waals surface area contributed by atoms with E-state index in [1.807, 2.05) is 12.1 Å². The minimum Gasteiger partial charge on any atom is -0.465 e. The van der Waals surface area contributed by atoms with Gasteiger partial charge in [0.25, 0.3) is 0 Å². The Labute approximate surface area is 122 Å². The minimum atomic E-state index is -0.301. The maximum atomic E-state index is 11.4. The molecule has 0 bridgehead atoms. The molecular weight excluding hydrogens is 306 g/mol. The lowest BCUT2D eigenvalue weighted by Crippen LogP contribution is -2.15. The summed E-state index contributed by atoms with van der Waals surface area (Å²) in [6.07, 6.45) is 5.47. The number of methoxy groups -OCH3 is 1. The topological polar surface area (TPSA) is 38.3 Å². The number of esters is 1. The molecule has 1 aliphatic carbocycles. The fourth-order valence-corrected chi connectivity index (χ4v) is 2.60. The first-order valence-electron chi connectivity index (χ1n) is 6.78. The van der Waals surface area contributed by atoms with Crippen molar-refractivity contribution in [3.8, 4) is 0 Å². The summed E-state index contributed by atoms with van der Waals surface area (Å²) in [5.74, 6) is 0.706. The summed E-state index contributed by atoms with van der Waals surface area (Å²) in [7, 11) is 1.39. The van der Waals surface area contributed by atoms with Crippen LogP contribution >= 0.6 is 15.9 Å². The maximum Gasteiger partial charge on any atom is 0.337 e. The number of carbonyl (C=O) groups is 1. The fraction of sp³-hybridized carbons (Fsp3) is 0.533. The Balaban J connectivity index is 1.77. The molecule has 1 aliphatic rings. The number of benzene rings is 1. The molecule has 4 heteroatoms. The van der Waals surface area contributed by atoms with E-state index in [2.05, 4.69) is 21.2 Å². The molecule has 0 saturated heterocycles. The molecule has 2 rings (SSSR count). The molecule has 1 aromatic carbocycles. The van der Waals surface area contributed by atoms with Gasteiger partial charge in [-0.05, 0) is 43.0 Å². The van der Waals surface area contributed by atoms with Crippen molar-refractivity contribution in [2.24, 2.45) is 5.92 Å². The van der Waals surface area contributed by atoms with Crippen LogP contribution in [0.4, 0.5) is 0 Å². The molecule has 0 spiro atoms. The second-order valence-corrected chi connectivity index (χ2v) is 5.91. The lowest BCUT2D eigenvalue weighted by molar-refractivity contribution is 0.0600. The Kier molecular flexibility index (Phi) is 5.40. The summed E-state index contributed by atoms with van der Waals surface area (Å²) in [6.45, 7) is 1.88. The summed E-state index contributed by atoms with van der Waals surface area (Å²) in [5, 5.41) is 3.44. The van der Waals surface area contributed by atoms with Gasteiger partial charge in [0.15, 0.2) is 0 Å². The van der Waals surface area contributed by atoms with Crippen LogP contribution in [-0.2, 0) is 11.3 Å². The van der Waals surface area contributed by atoms with Crippen molar-refractivity contribution in [3.63, 3.8) is 0 Å². The quantitative estimate of drug-likeness (QED) is 0.615. The molecule has 1 fully saturated rings. The van der Waals surface area contributed by atoms with E-state index in [1.165, 1.54) is 38.4 Å². The first-order chi connectivity index (χ1) is 9.20. The van der Waals surface area contributed by atoms with Crippen LogP contribution in [0.5, 0.6) is 0 Å². The van der Waals surface area contributed by atoms with Crippen molar-refractivity contribution in [2.75, 3.05) is 13.7 Å². The molecule has 0 amide bonds. The maximum absolute atomic E-state index is 11.4. The summed E-state index contributed by atoms with van der Waals surface area (Å²) in [6, 6.07) is 5.58. The lowest BCUT2D eigenvalue weighted by Gasteiger charge is -2.08. The highest BCUT2D eigenvalue weighted by atomic mass is 79.9. The third-order valence-corrected chi connectivity index (χ3v) is 4.19. The van der Waals surface area contributed by atoms with Gasteiger partial charge in [0.1, 0.15) is 0 Å². The van der Waals surface area contributed by atoms with Crippen LogP contribution in [0.2, 0.25) is 0 Å². The molecule has 1 aromatic rings. The standard InChI is InChI=1S/C15H20BrNO2/c1-19-15(18)12-6-7-13(14(16)9-12)10-17-8-2-3-11-4-5-11/h6-7,9,11,17H,2-5,8,10H2,1H3. The molecule has 0 heterocycles. The zero-order valence-corrected chi connectivity index (χ0v) is 12.8. The molecule has 3 nitrogen and oxygen atoms in total. The van der Waals surface area contributed by atoms with Gasteiger partial charge in [-0.25, -0.2) is 4.79 Å². The zero-order valence-electron chi connectivity index (χ0n) is 11.2. The van der Waals surface area contributed by atoms with E-state index < -0.39 is 0 Å². The second kappa shape index (κ2) is 7.06. The summed E-state index contributed by atoms with van der Waals surface area (Å²) >= 11 is 3.50. The molecule has 0 atom stereocenters. The Morgan fingerprint density at radius 1 is 1.47 bits per heavy atom. The van der Waals surface area contributed by atoms with Crippen LogP contribution in [0.3, 0.4) is 0 Å². The van der Waals surface area contributed by atoms with Gasteiger partial charge in [-0.1, -0.05) is 34.8 Å². The molecule has 1 N–H and O–H groups in total. The van der Waals surface area contributed by atoms with Gasteiger partial charge < -0.3 is 10.1 Å². The van der Waals surface area contributed by atoms with Gasteiger partial charge in [0, 0.05) is 11.0 Å². The van der Waals surface area contributed by atoms with Crippen molar-refractivity contribution >= 4 is 21.9 Å². The lowest BCUT2D eigenvalue weighted by atomic mass is 10.1. The fourth-order valence-electron chi connectivity index (χ4n) is 2.08. The van der Waals surface area contributed by atoms with Crippen molar-refractivity contribution in [3.05, 3.63) is 33.8 Å². The number of hydrogen-bond acceptors (Lipinski definition) is 3. The van der Waals surface area contributed by atoms with Gasteiger partial charge in [-0.2, -0.15) is 0 Å². The molecule has 0 aromatic heterocycles. The predicted octanol–water partition coefficient (Wildman–Crippen LogP) is 3.52. The third kappa shape index (κ3) is 4.62. The van der Waals surface area contributed by atoms with Crippen LogP contribution in [0.25, 0.3) is 0 Å². The predicted molar refractivity (Wildman–Crippen MR) is 79.1 cm³/mol. The Hall–Kier alpha value is -0.870. The number of nitrogens with one attached hydrogen (secondary N) is 1. The van der Waals surface area contributed by atoms with Crippen LogP contribution in [0.1, 0.15) is 41.6 Å². The van der Waals surface area contributed by atoms with Crippen molar-refractivity contribution in [1.82, 2.24) is 5.32 Å². The highest BCUT2D eigenvalue weighted by Gasteiger charge is 2.19. The zero-order chi connectivity index (χ0) is 13.7. The molecule has 1 saturated carbocycles. The average molecular weight is 326 g/mol. The van der Waals surface area contributed by atoms with E-state index in [9.17, 15) is 4.79 Å². The largest absolute Gasteiger partial charge is 0.465 e. The molecule has 0 aliphatic heterocycles. The Bertz CT molecular complexity index is 444. The molecule has 104 valence electrons. The Morgan fingerprint density at radius 2 is 2.26 bits per heavy atom. The van der Waals surface area contributed by atoms with E-state index in [-0.39, 0.29) is 5.97 Å². The number of halogens is 1. The van der Waals surface area contributed by atoms with E-state index in [0.717, 1.165) is 23.5 Å². The van der Waals surface area contributed by atoms with Gasteiger partial charge in [0.2, 0.25) is 0 Å². The van der Waals surface area contributed by atoms with Crippen molar-refractivity contribution < 1.29 is 9.53 Å². The van der Waals surface area contributed by atoms with Crippen LogP contribution in [0, 0.1) is 5.92 Å². The number of carbonyl (C=O) groups excluding carboxylic acids is 1. The summed E-state index contributed by atoms with van der Waals surface area (Å²) < 4.78 is 5.65. The van der Waals surface area contributed by atoms with E-state index in [4.69, 9.17) is 4.74 Å². The number of ether oxygens (including phenoxy) is 1. The SMILES string of the molecule is COC(=O)c1ccc(CNCCCC2CC2)c(Br)c1. The minimum absolute atomic E-state index is 0.301. The van der Waals surface area contributed by atoms with Crippen molar-refractivity contribution in [2.45, 2.75) is 32.2 Å². The molecule has 0 radical (unpaired) electrons. The summed E-state index contributed by atoms with van der Waals surface area (Å²) in [5.41, 5.74) is 1.74. The summed E-state index contributed by atoms with van der Waals surface area (Å²) in [4.78, 5) is 11.4. The monoisotopic (exact) mass is 325 g/mol. The van der Waals surface area contributed by atoms with E-state index >= 15 is 0 Å². The normalized spacial score (nSPS) is 14.4. The second-order valence-electron chi connectivity index (χ2n) is 5.06. The highest BCUT2D eigenvalue weighted by Crippen LogP contribution is 2.33. The van der Waals surface area contributed by atoms with Crippen LogP contribution in [-0.4, -0.2) is 19.6 Å². The number of hydrogen-bond donors (Lipinski definition) is 1. The van der Waals surface area contributed by atoms with Crippen molar-refractivity contribution in [1.29, 1.82) is 0 Å². The van der Waals surface area contributed by atoms with Gasteiger partial charge in [-0.15, -0.1) is 0 Å². The highest BCUT2D eigenvalue weighted by molar-refractivity contribution is 9.10. The van der Waals surface area contributed by atoms with Gasteiger partial charge in [-0.3, -0.25) is 0 Å². The van der Waals surface area contributed by atoms with E-state index in [1.54, 1.807) is 6.07 Å². The number of rotatable bonds is 7.